The Balaban J connectivity index is 0.00000242. The van der Waals surface area contributed by atoms with E-state index in [0.29, 0.717) is 18.7 Å². The Hall–Kier alpha value is -1.52. The molecule has 5 heteroatoms. The van der Waals surface area contributed by atoms with Crippen LogP contribution in [-0.4, -0.2) is 36.5 Å². The normalized spacial score (nSPS) is 20.0. The highest BCUT2D eigenvalue weighted by molar-refractivity contribution is 5.94. The van der Waals surface area contributed by atoms with Gasteiger partial charge in [-0.05, 0) is 36.1 Å². The average molecular weight is 325 g/mol. The van der Waals surface area contributed by atoms with Gasteiger partial charge >= 0.3 is 0 Å². The minimum absolute atomic E-state index is 0. The summed E-state index contributed by atoms with van der Waals surface area (Å²) in [4.78, 5) is 14.4. The second kappa shape index (κ2) is 7.65. The monoisotopic (exact) mass is 324 g/mol. The molecule has 22 heavy (non-hydrogen) atoms. The number of ether oxygens (including phenoxy) is 1. The minimum atomic E-state index is -0.0408. The SMILES string of the molecule is C=CCOc1ccc(C(=O)N2CCC(N)C(C)(C)C2)cc1.Cl. The van der Waals surface area contributed by atoms with Crippen LogP contribution in [0.25, 0.3) is 0 Å². The second-order valence-corrected chi connectivity index (χ2v) is 6.23. The first-order valence-corrected chi connectivity index (χ1v) is 7.32. The summed E-state index contributed by atoms with van der Waals surface area (Å²) in [6.45, 7) is 9.72. The zero-order valence-corrected chi connectivity index (χ0v) is 14.1. The van der Waals surface area contributed by atoms with Gasteiger partial charge < -0.3 is 15.4 Å². The molecule has 0 radical (unpaired) electrons. The zero-order chi connectivity index (χ0) is 15.5. The van der Waals surface area contributed by atoms with Crippen molar-refractivity contribution in [1.29, 1.82) is 0 Å². The van der Waals surface area contributed by atoms with Gasteiger partial charge in [-0.2, -0.15) is 0 Å². The van der Waals surface area contributed by atoms with E-state index in [4.69, 9.17) is 10.5 Å². The molecule has 1 fully saturated rings. The van der Waals surface area contributed by atoms with Gasteiger partial charge in [-0.1, -0.05) is 26.5 Å². The van der Waals surface area contributed by atoms with Crippen LogP contribution in [-0.2, 0) is 0 Å². The number of benzene rings is 1. The summed E-state index contributed by atoms with van der Waals surface area (Å²) < 4.78 is 5.42. The second-order valence-electron chi connectivity index (χ2n) is 6.23. The number of nitrogens with zero attached hydrogens (tertiary/aromatic N) is 1. The van der Waals surface area contributed by atoms with Crippen molar-refractivity contribution in [2.75, 3.05) is 19.7 Å². The Bertz CT molecular complexity index is 514. The number of rotatable bonds is 4. The van der Waals surface area contributed by atoms with Crippen LogP contribution in [0.3, 0.4) is 0 Å². The summed E-state index contributed by atoms with van der Waals surface area (Å²) in [5, 5.41) is 0. The highest BCUT2D eigenvalue weighted by Crippen LogP contribution is 2.28. The van der Waals surface area contributed by atoms with E-state index in [1.54, 1.807) is 6.08 Å². The van der Waals surface area contributed by atoms with Crippen LogP contribution in [0.5, 0.6) is 5.75 Å². The topological polar surface area (TPSA) is 55.6 Å². The van der Waals surface area contributed by atoms with Crippen molar-refractivity contribution < 1.29 is 9.53 Å². The predicted molar refractivity (Wildman–Crippen MR) is 91.7 cm³/mol. The van der Waals surface area contributed by atoms with Crippen LogP contribution in [0.1, 0.15) is 30.6 Å². The lowest BCUT2D eigenvalue weighted by molar-refractivity contribution is 0.0533. The predicted octanol–water partition coefficient (Wildman–Crippen LogP) is 2.87. The fraction of sp³-hybridized carbons (Fsp3) is 0.471. The van der Waals surface area contributed by atoms with Gasteiger partial charge in [0.05, 0.1) is 0 Å². The standard InChI is InChI=1S/C17H24N2O2.ClH/c1-4-11-21-14-7-5-13(6-8-14)16(20)19-10-9-15(18)17(2,3)12-19;/h4-8,15H,1,9-12,18H2,2-3H3;1H. The van der Waals surface area contributed by atoms with Crippen molar-refractivity contribution in [2.24, 2.45) is 11.1 Å². The number of nitrogens with two attached hydrogens (primary N) is 1. The molecule has 1 heterocycles. The van der Waals surface area contributed by atoms with E-state index in [2.05, 4.69) is 20.4 Å². The molecule has 1 unspecified atom stereocenters. The van der Waals surface area contributed by atoms with Crippen molar-refractivity contribution in [1.82, 2.24) is 4.90 Å². The molecule has 1 aromatic carbocycles. The zero-order valence-electron chi connectivity index (χ0n) is 13.2. The van der Waals surface area contributed by atoms with Gasteiger partial charge in [-0.25, -0.2) is 0 Å². The fourth-order valence-corrected chi connectivity index (χ4v) is 2.58. The molecule has 122 valence electrons. The molecular formula is C17H25ClN2O2. The van der Waals surface area contributed by atoms with E-state index in [-0.39, 0.29) is 29.8 Å². The first-order chi connectivity index (χ1) is 9.94. The molecule has 0 aliphatic carbocycles. The smallest absolute Gasteiger partial charge is 0.253 e. The average Bonchev–Trinajstić information content (AvgIpc) is 2.47. The van der Waals surface area contributed by atoms with Crippen molar-refractivity contribution in [2.45, 2.75) is 26.3 Å². The van der Waals surface area contributed by atoms with Gasteiger partial charge in [0, 0.05) is 24.7 Å². The number of amides is 1. The van der Waals surface area contributed by atoms with Crippen LogP contribution < -0.4 is 10.5 Å². The third kappa shape index (κ3) is 4.24. The van der Waals surface area contributed by atoms with Crippen molar-refractivity contribution in [3.63, 3.8) is 0 Å². The summed E-state index contributed by atoms with van der Waals surface area (Å²) in [7, 11) is 0. The fourth-order valence-electron chi connectivity index (χ4n) is 2.58. The molecule has 2 N–H and O–H groups in total. The largest absolute Gasteiger partial charge is 0.490 e. The number of carbonyl (C=O) groups excluding carboxylic acids is 1. The molecule has 1 atom stereocenters. The Labute approximate surface area is 138 Å². The minimum Gasteiger partial charge on any atom is -0.490 e. The molecule has 1 saturated heterocycles. The summed E-state index contributed by atoms with van der Waals surface area (Å²) in [6, 6.07) is 7.40. The lowest BCUT2D eigenvalue weighted by Crippen LogP contribution is -2.53. The van der Waals surface area contributed by atoms with Gasteiger partial charge in [0.25, 0.3) is 5.91 Å². The molecule has 1 amide bonds. The number of likely N-dealkylation sites (tertiary alicyclic amines) is 1. The van der Waals surface area contributed by atoms with E-state index in [9.17, 15) is 4.79 Å². The Morgan fingerprint density at radius 3 is 2.64 bits per heavy atom. The van der Waals surface area contributed by atoms with E-state index in [1.807, 2.05) is 29.2 Å². The van der Waals surface area contributed by atoms with Crippen LogP contribution in [0, 0.1) is 5.41 Å². The van der Waals surface area contributed by atoms with Crippen LogP contribution in [0.15, 0.2) is 36.9 Å². The van der Waals surface area contributed by atoms with Crippen molar-refractivity contribution in [3.05, 3.63) is 42.5 Å². The summed E-state index contributed by atoms with van der Waals surface area (Å²) >= 11 is 0. The molecule has 4 nitrogen and oxygen atoms in total. The van der Waals surface area contributed by atoms with E-state index in [0.717, 1.165) is 18.7 Å². The lowest BCUT2D eigenvalue weighted by atomic mass is 9.79. The number of halogens is 1. The maximum atomic E-state index is 12.5. The first-order valence-electron chi connectivity index (χ1n) is 7.32. The summed E-state index contributed by atoms with van der Waals surface area (Å²) in [5.41, 5.74) is 6.76. The van der Waals surface area contributed by atoms with Gasteiger partial charge in [-0.15, -0.1) is 12.4 Å². The number of hydrogen-bond donors (Lipinski definition) is 1. The third-order valence-corrected chi connectivity index (χ3v) is 4.07. The van der Waals surface area contributed by atoms with Crippen LogP contribution in [0.2, 0.25) is 0 Å². The van der Waals surface area contributed by atoms with Gasteiger partial charge in [-0.3, -0.25) is 4.79 Å². The molecule has 0 spiro atoms. The molecule has 0 aromatic heterocycles. The Morgan fingerprint density at radius 1 is 1.45 bits per heavy atom. The Morgan fingerprint density at radius 2 is 2.09 bits per heavy atom. The molecule has 1 aromatic rings. The number of hydrogen-bond acceptors (Lipinski definition) is 3. The van der Waals surface area contributed by atoms with E-state index >= 15 is 0 Å². The van der Waals surface area contributed by atoms with Gasteiger partial charge in [0.2, 0.25) is 0 Å². The third-order valence-electron chi connectivity index (χ3n) is 4.07. The first kappa shape index (κ1) is 18.5. The summed E-state index contributed by atoms with van der Waals surface area (Å²) in [6.07, 6.45) is 2.54. The molecule has 1 aliphatic rings. The molecule has 1 aliphatic heterocycles. The molecule has 0 saturated carbocycles. The van der Waals surface area contributed by atoms with Gasteiger partial charge in [0.15, 0.2) is 0 Å². The van der Waals surface area contributed by atoms with Crippen LogP contribution >= 0.6 is 12.4 Å². The highest BCUT2D eigenvalue weighted by atomic mass is 35.5. The van der Waals surface area contributed by atoms with E-state index in [1.165, 1.54) is 0 Å². The molecular weight excluding hydrogens is 300 g/mol. The maximum absolute atomic E-state index is 12.5. The Kier molecular flexibility index (Phi) is 6.45. The quantitative estimate of drug-likeness (QED) is 0.866. The van der Waals surface area contributed by atoms with E-state index < -0.39 is 0 Å². The molecule has 0 bridgehead atoms. The van der Waals surface area contributed by atoms with Crippen molar-refractivity contribution >= 4 is 18.3 Å². The van der Waals surface area contributed by atoms with Gasteiger partial charge in [0.1, 0.15) is 12.4 Å². The maximum Gasteiger partial charge on any atom is 0.253 e. The van der Waals surface area contributed by atoms with Crippen molar-refractivity contribution in [3.8, 4) is 5.75 Å². The van der Waals surface area contributed by atoms with Crippen LogP contribution in [0.4, 0.5) is 0 Å². The molecule has 2 rings (SSSR count). The summed E-state index contributed by atoms with van der Waals surface area (Å²) in [5.74, 6) is 0.803. The lowest BCUT2D eigenvalue weighted by Gasteiger charge is -2.42. The highest BCUT2D eigenvalue weighted by Gasteiger charge is 2.35. The number of piperidine rings is 1. The number of carbonyl (C=O) groups is 1.